The van der Waals surface area contributed by atoms with Crippen molar-refractivity contribution in [2.24, 2.45) is 0 Å². The van der Waals surface area contributed by atoms with E-state index in [0.717, 1.165) is 4.47 Å². The first kappa shape index (κ1) is 10.1. The maximum Gasteiger partial charge on any atom is 0.144 e. The molecule has 2 aromatic rings. The van der Waals surface area contributed by atoms with Gasteiger partial charge in [-0.15, -0.1) is 0 Å². The third-order valence-electron chi connectivity index (χ3n) is 1.78. The first-order chi connectivity index (χ1) is 7.25. The predicted molar refractivity (Wildman–Crippen MR) is 58.4 cm³/mol. The fourth-order valence-electron chi connectivity index (χ4n) is 1.07. The normalized spacial score (nSPS) is 10.0. The fraction of sp³-hybridized carbons (Fsp3) is 0. The Hall–Kier alpha value is -1.42. The summed E-state index contributed by atoms with van der Waals surface area (Å²) in [5.74, 6) is 0.955. The van der Waals surface area contributed by atoms with Gasteiger partial charge >= 0.3 is 0 Å². The molecule has 0 unspecified atom stereocenters. The summed E-state index contributed by atoms with van der Waals surface area (Å²) in [5.41, 5.74) is 0. The van der Waals surface area contributed by atoms with Crippen molar-refractivity contribution in [3.05, 3.63) is 53.0 Å². The van der Waals surface area contributed by atoms with Crippen LogP contribution >= 0.6 is 15.9 Å². The zero-order chi connectivity index (χ0) is 10.7. The van der Waals surface area contributed by atoms with Crippen LogP contribution in [0.1, 0.15) is 0 Å². The Bertz CT molecular complexity index is 458. The number of halogens is 2. The molecule has 2 nitrogen and oxygen atoms in total. The summed E-state index contributed by atoms with van der Waals surface area (Å²) in [6.45, 7) is 0. The quantitative estimate of drug-likeness (QED) is 0.826. The van der Waals surface area contributed by atoms with Gasteiger partial charge in [0.15, 0.2) is 0 Å². The lowest BCUT2D eigenvalue weighted by atomic mass is 10.3. The van der Waals surface area contributed by atoms with Crippen molar-refractivity contribution in [1.82, 2.24) is 4.98 Å². The highest BCUT2D eigenvalue weighted by Crippen LogP contribution is 2.28. The second-order valence-corrected chi connectivity index (χ2v) is 3.72. The number of rotatable bonds is 2. The van der Waals surface area contributed by atoms with Crippen molar-refractivity contribution in [2.75, 3.05) is 0 Å². The second kappa shape index (κ2) is 4.40. The maximum absolute atomic E-state index is 12.6. The van der Waals surface area contributed by atoms with E-state index in [-0.39, 0.29) is 5.82 Å². The molecular formula is C11H7BrFNO. The van der Waals surface area contributed by atoms with Gasteiger partial charge in [0.05, 0.1) is 4.47 Å². The van der Waals surface area contributed by atoms with Crippen LogP contribution in [0.25, 0.3) is 0 Å². The van der Waals surface area contributed by atoms with Gasteiger partial charge in [-0.3, -0.25) is 4.98 Å². The van der Waals surface area contributed by atoms with E-state index in [9.17, 15) is 4.39 Å². The van der Waals surface area contributed by atoms with E-state index in [4.69, 9.17) is 4.74 Å². The SMILES string of the molecule is Fc1ccc(Oc2ccncc2Br)cc1. The van der Waals surface area contributed by atoms with Crippen molar-refractivity contribution >= 4 is 15.9 Å². The van der Waals surface area contributed by atoms with Crippen LogP contribution in [0.5, 0.6) is 11.5 Å². The first-order valence-corrected chi connectivity index (χ1v) is 5.08. The Kier molecular flexibility index (Phi) is 2.97. The van der Waals surface area contributed by atoms with E-state index >= 15 is 0 Å². The van der Waals surface area contributed by atoms with Crippen LogP contribution in [-0.2, 0) is 0 Å². The third-order valence-corrected chi connectivity index (χ3v) is 2.37. The molecule has 0 bridgehead atoms. The van der Waals surface area contributed by atoms with Gasteiger partial charge in [-0.25, -0.2) is 4.39 Å². The smallest absolute Gasteiger partial charge is 0.144 e. The standard InChI is InChI=1S/C11H7BrFNO/c12-10-7-14-6-5-11(10)15-9-3-1-8(13)2-4-9/h1-7H. The molecule has 1 heterocycles. The predicted octanol–water partition coefficient (Wildman–Crippen LogP) is 3.78. The van der Waals surface area contributed by atoms with Crippen molar-refractivity contribution in [3.63, 3.8) is 0 Å². The van der Waals surface area contributed by atoms with Gasteiger partial charge in [-0.05, 0) is 40.2 Å². The molecule has 0 N–H and O–H groups in total. The number of nitrogens with zero attached hydrogens (tertiary/aromatic N) is 1. The highest BCUT2D eigenvalue weighted by Gasteiger charge is 2.01. The number of pyridine rings is 1. The molecule has 0 amide bonds. The maximum atomic E-state index is 12.6. The molecule has 1 aromatic carbocycles. The van der Waals surface area contributed by atoms with Gasteiger partial charge in [0.25, 0.3) is 0 Å². The molecule has 0 saturated heterocycles. The van der Waals surface area contributed by atoms with E-state index < -0.39 is 0 Å². The van der Waals surface area contributed by atoms with Crippen molar-refractivity contribution in [1.29, 1.82) is 0 Å². The van der Waals surface area contributed by atoms with E-state index in [0.29, 0.717) is 11.5 Å². The van der Waals surface area contributed by atoms with Crippen molar-refractivity contribution < 1.29 is 9.13 Å². The summed E-state index contributed by atoms with van der Waals surface area (Å²) in [7, 11) is 0. The lowest BCUT2D eigenvalue weighted by Crippen LogP contribution is -1.86. The fourth-order valence-corrected chi connectivity index (χ4v) is 1.41. The highest BCUT2D eigenvalue weighted by molar-refractivity contribution is 9.10. The lowest BCUT2D eigenvalue weighted by Gasteiger charge is -2.06. The Balaban J connectivity index is 2.22. The minimum atomic E-state index is -0.281. The zero-order valence-electron chi connectivity index (χ0n) is 7.65. The molecule has 0 radical (unpaired) electrons. The van der Waals surface area contributed by atoms with Crippen molar-refractivity contribution in [2.45, 2.75) is 0 Å². The summed E-state index contributed by atoms with van der Waals surface area (Å²) < 4.78 is 18.9. The Morgan fingerprint density at radius 1 is 1.13 bits per heavy atom. The summed E-state index contributed by atoms with van der Waals surface area (Å²) in [5, 5.41) is 0. The van der Waals surface area contributed by atoms with Crippen LogP contribution in [-0.4, -0.2) is 4.98 Å². The van der Waals surface area contributed by atoms with Crippen LogP contribution in [0, 0.1) is 5.82 Å². The largest absolute Gasteiger partial charge is 0.456 e. The van der Waals surface area contributed by atoms with E-state index in [2.05, 4.69) is 20.9 Å². The molecule has 0 spiro atoms. The molecule has 4 heteroatoms. The van der Waals surface area contributed by atoms with Crippen LogP contribution in [0.2, 0.25) is 0 Å². The number of aromatic nitrogens is 1. The van der Waals surface area contributed by atoms with Crippen molar-refractivity contribution in [3.8, 4) is 11.5 Å². The van der Waals surface area contributed by atoms with E-state index in [1.54, 1.807) is 30.6 Å². The van der Waals surface area contributed by atoms with E-state index in [1.807, 2.05) is 0 Å². The van der Waals surface area contributed by atoms with Crippen LogP contribution in [0.15, 0.2) is 47.2 Å². The lowest BCUT2D eigenvalue weighted by molar-refractivity contribution is 0.477. The minimum Gasteiger partial charge on any atom is -0.456 e. The van der Waals surface area contributed by atoms with Gasteiger partial charge < -0.3 is 4.74 Å². The second-order valence-electron chi connectivity index (χ2n) is 2.86. The van der Waals surface area contributed by atoms with Crippen LogP contribution < -0.4 is 4.74 Å². The monoisotopic (exact) mass is 267 g/mol. The summed E-state index contributed by atoms with van der Waals surface area (Å²) in [6, 6.07) is 7.58. The molecule has 0 aliphatic carbocycles. The average molecular weight is 268 g/mol. The minimum absolute atomic E-state index is 0.281. The summed E-state index contributed by atoms with van der Waals surface area (Å²) in [6.07, 6.45) is 3.27. The molecule has 1 aromatic heterocycles. The summed E-state index contributed by atoms with van der Waals surface area (Å²) >= 11 is 3.31. The molecule has 0 aliphatic heterocycles. The van der Waals surface area contributed by atoms with Crippen LogP contribution in [0.4, 0.5) is 4.39 Å². The average Bonchev–Trinajstić information content (AvgIpc) is 2.25. The van der Waals surface area contributed by atoms with Crippen LogP contribution in [0.3, 0.4) is 0 Å². The molecule has 0 atom stereocenters. The number of benzene rings is 1. The van der Waals surface area contributed by atoms with Gasteiger partial charge in [-0.1, -0.05) is 0 Å². The Morgan fingerprint density at radius 3 is 2.53 bits per heavy atom. The number of ether oxygens (including phenoxy) is 1. The molecule has 0 fully saturated rings. The number of hydrogen-bond acceptors (Lipinski definition) is 2. The number of hydrogen-bond donors (Lipinski definition) is 0. The molecule has 76 valence electrons. The van der Waals surface area contributed by atoms with Gasteiger partial charge in [0.2, 0.25) is 0 Å². The molecule has 2 rings (SSSR count). The highest BCUT2D eigenvalue weighted by atomic mass is 79.9. The Labute approximate surface area is 94.9 Å². The summed E-state index contributed by atoms with van der Waals surface area (Å²) in [4.78, 5) is 3.91. The topological polar surface area (TPSA) is 22.1 Å². The first-order valence-electron chi connectivity index (χ1n) is 4.28. The molecule has 0 aliphatic rings. The van der Waals surface area contributed by atoms with Gasteiger partial charge in [-0.2, -0.15) is 0 Å². The molecular weight excluding hydrogens is 261 g/mol. The Morgan fingerprint density at radius 2 is 1.87 bits per heavy atom. The molecule has 0 saturated carbocycles. The molecule has 15 heavy (non-hydrogen) atoms. The zero-order valence-corrected chi connectivity index (χ0v) is 9.24. The van der Waals surface area contributed by atoms with Gasteiger partial charge in [0, 0.05) is 18.5 Å². The third kappa shape index (κ3) is 2.53. The van der Waals surface area contributed by atoms with E-state index in [1.165, 1.54) is 12.1 Å². The van der Waals surface area contributed by atoms with Gasteiger partial charge in [0.1, 0.15) is 17.3 Å².